The van der Waals surface area contributed by atoms with Crippen molar-refractivity contribution in [3.05, 3.63) is 52.0 Å². The minimum atomic E-state index is -0.982. The van der Waals surface area contributed by atoms with Gasteiger partial charge in [-0.25, -0.2) is 4.79 Å². The van der Waals surface area contributed by atoms with Gasteiger partial charge < -0.3 is 10.4 Å². The van der Waals surface area contributed by atoms with Crippen LogP contribution in [0.3, 0.4) is 0 Å². The summed E-state index contributed by atoms with van der Waals surface area (Å²) < 4.78 is 0.626. The molecule has 0 aliphatic rings. The van der Waals surface area contributed by atoms with Crippen LogP contribution in [0.2, 0.25) is 0 Å². The van der Waals surface area contributed by atoms with Gasteiger partial charge in [0.15, 0.2) is 0 Å². The highest BCUT2D eigenvalue weighted by Gasteiger charge is 2.10. The van der Waals surface area contributed by atoms with Gasteiger partial charge in [-0.05, 0) is 52.5 Å². The third-order valence-electron chi connectivity index (χ3n) is 2.84. The molecule has 0 saturated carbocycles. The van der Waals surface area contributed by atoms with Gasteiger partial charge in [0.2, 0.25) is 0 Å². The molecule has 2 aromatic rings. The summed E-state index contributed by atoms with van der Waals surface area (Å²) in [4.78, 5) is 11.8. The van der Waals surface area contributed by atoms with Crippen LogP contribution in [-0.4, -0.2) is 17.3 Å². The van der Waals surface area contributed by atoms with Crippen molar-refractivity contribution >= 4 is 45.0 Å². The van der Waals surface area contributed by atoms with Gasteiger partial charge in [0, 0.05) is 9.37 Å². The number of carboxylic acid groups (broad SMARTS) is 1. The van der Waals surface area contributed by atoms with Crippen molar-refractivity contribution in [2.24, 2.45) is 0 Å². The molecule has 6 heteroatoms. The van der Waals surface area contributed by atoms with Gasteiger partial charge >= 0.3 is 5.97 Å². The Kier molecular flexibility index (Phi) is 4.89. The molecule has 0 aliphatic carbocycles. The standard InChI is InChI=1S/C15H11BrN2O2S/c1-21-14-4-2-3-12(10(14)8-17)18-13-6-5-9(15(19)20)7-11(13)16/h2-7,18H,1H3,(H,19,20). The molecule has 0 saturated heterocycles. The Morgan fingerprint density at radius 3 is 2.67 bits per heavy atom. The van der Waals surface area contributed by atoms with Gasteiger partial charge in [-0.1, -0.05) is 6.07 Å². The molecule has 0 aliphatic heterocycles. The Hall–Kier alpha value is -1.97. The second-order valence-electron chi connectivity index (χ2n) is 4.12. The van der Waals surface area contributed by atoms with E-state index in [9.17, 15) is 10.1 Å². The maximum Gasteiger partial charge on any atom is 0.335 e. The van der Waals surface area contributed by atoms with E-state index >= 15 is 0 Å². The first-order valence-corrected chi connectivity index (χ1v) is 7.95. The number of carboxylic acids is 1. The molecule has 0 heterocycles. The normalized spacial score (nSPS) is 9.95. The number of halogens is 1. The molecule has 0 unspecified atom stereocenters. The van der Waals surface area contributed by atoms with Gasteiger partial charge in [-0.3, -0.25) is 0 Å². The fourth-order valence-corrected chi connectivity index (χ4v) is 2.87. The number of hydrogen-bond acceptors (Lipinski definition) is 4. The maximum absolute atomic E-state index is 10.9. The predicted molar refractivity (Wildman–Crippen MR) is 87.3 cm³/mol. The van der Waals surface area contributed by atoms with Crippen LogP contribution >= 0.6 is 27.7 Å². The number of carbonyl (C=O) groups is 1. The number of nitriles is 1. The SMILES string of the molecule is CSc1cccc(Nc2ccc(C(=O)O)cc2Br)c1C#N. The molecule has 0 bridgehead atoms. The van der Waals surface area contributed by atoms with Crippen molar-refractivity contribution in [1.29, 1.82) is 5.26 Å². The number of rotatable bonds is 4. The Balaban J connectivity index is 2.39. The first-order chi connectivity index (χ1) is 10.1. The highest BCUT2D eigenvalue weighted by atomic mass is 79.9. The average molecular weight is 363 g/mol. The van der Waals surface area contributed by atoms with E-state index in [-0.39, 0.29) is 5.56 Å². The Morgan fingerprint density at radius 2 is 2.10 bits per heavy atom. The number of aromatic carboxylic acids is 1. The Bertz CT molecular complexity index is 741. The largest absolute Gasteiger partial charge is 0.478 e. The van der Waals surface area contributed by atoms with Crippen LogP contribution in [0.15, 0.2) is 45.8 Å². The molecule has 0 spiro atoms. The van der Waals surface area contributed by atoms with Gasteiger partial charge in [-0.2, -0.15) is 5.26 Å². The van der Waals surface area contributed by atoms with Crippen LogP contribution in [0.4, 0.5) is 11.4 Å². The summed E-state index contributed by atoms with van der Waals surface area (Å²) in [5, 5.41) is 21.4. The van der Waals surface area contributed by atoms with Gasteiger partial charge in [0.25, 0.3) is 0 Å². The first kappa shape index (κ1) is 15.4. The lowest BCUT2D eigenvalue weighted by Crippen LogP contribution is -1.99. The average Bonchev–Trinajstić information content (AvgIpc) is 2.48. The van der Waals surface area contributed by atoms with E-state index < -0.39 is 5.97 Å². The Morgan fingerprint density at radius 1 is 1.33 bits per heavy atom. The molecule has 0 fully saturated rings. The van der Waals surface area contributed by atoms with E-state index in [4.69, 9.17) is 5.11 Å². The highest BCUT2D eigenvalue weighted by Crippen LogP contribution is 2.31. The zero-order valence-electron chi connectivity index (χ0n) is 11.1. The summed E-state index contributed by atoms with van der Waals surface area (Å²) in [5.74, 6) is -0.982. The van der Waals surface area contributed by atoms with Crippen LogP contribution in [-0.2, 0) is 0 Å². The lowest BCUT2D eigenvalue weighted by molar-refractivity contribution is 0.0697. The predicted octanol–water partition coefficient (Wildman–Crippen LogP) is 4.48. The minimum Gasteiger partial charge on any atom is -0.478 e. The van der Waals surface area contributed by atoms with E-state index in [1.807, 2.05) is 24.5 Å². The fourth-order valence-electron chi connectivity index (χ4n) is 1.82. The third kappa shape index (κ3) is 3.38. The number of nitrogens with zero attached hydrogens (tertiary/aromatic N) is 1. The summed E-state index contributed by atoms with van der Waals surface area (Å²) >= 11 is 4.84. The summed E-state index contributed by atoms with van der Waals surface area (Å²) in [7, 11) is 0. The van der Waals surface area contributed by atoms with E-state index in [2.05, 4.69) is 27.3 Å². The lowest BCUT2D eigenvalue weighted by atomic mass is 10.1. The quantitative estimate of drug-likeness (QED) is 0.784. The summed E-state index contributed by atoms with van der Waals surface area (Å²) in [6, 6.07) is 12.5. The molecule has 0 amide bonds. The zero-order valence-corrected chi connectivity index (χ0v) is 13.5. The van der Waals surface area contributed by atoms with Crippen LogP contribution in [0.5, 0.6) is 0 Å². The van der Waals surface area contributed by atoms with E-state index in [0.717, 1.165) is 4.90 Å². The number of nitrogens with one attached hydrogen (secondary N) is 1. The van der Waals surface area contributed by atoms with E-state index in [1.54, 1.807) is 6.07 Å². The molecule has 2 rings (SSSR count). The molecular weight excluding hydrogens is 352 g/mol. The van der Waals surface area contributed by atoms with E-state index in [0.29, 0.717) is 21.4 Å². The lowest BCUT2D eigenvalue weighted by Gasteiger charge is -2.12. The van der Waals surface area contributed by atoms with Crippen LogP contribution in [0, 0.1) is 11.3 Å². The molecular formula is C15H11BrN2O2S. The van der Waals surface area contributed by atoms with Crippen molar-refractivity contribution in [2.45, 2.75) is 4.90 Å². The topological polar surface area (TPSA) is 73.1 Å². The van der Waals surface area contributed by atoms with Crippen LogP contribution < -0.4 is 5.32 Å². The van der Waals surface area contributed by atoms with Crippen molar-refractivity contribution in [3.63, 3.8) is 0 Å². The van der Waals surface area contributed by atoms with Gasteiger partial charge in [-0.15, -0.1) is 11.8 Å². The fraction of sp³-hybridized carbons (Fsp3) is 0.0667. The second-order valence-corrected chi connectivity index (χ2v) is 5.82. The smallest absolute Gasteiger partial charge is 0.335 e. The second kappa shape index (κ2) is 6.66. The highest BCUT2D eigenvalue weighted by molar-refractivity contribution is 9.10. The molecule has 2 aromatic carbocycles. The molecule has 106 valence electrons. The summed E-state index contributed by atoms with van der Waals surface area (Å²) in [5.41, 5.74) is 2.16. The van der Waals surface area contributed by atoms with Crippen molar-refractivity contribution < 1.29 is 9.90 Å². The van der Waals surface area contributed by atoms with Gasteiger partial charge in [0.05, 0.1) is 22.5 Å². The minimum absolute atomic E-state index is 0.200. The first-order valence-electron chi connectivity index (χ1n) is 5.93. The Labute approximate surface area is 134 Å². The van der Waals surface area contributed by atoms with Crippen molar-refractivity contribution in [3.8, 4) is 6.07 Å². The number of benzene rings is 2. The van der Waals surface area contributed by atoms with Gasteiger partial charge in [0.1, 0.15) is 6.07 Å². The van der Waals surface area contributed by atoms with Crippen LogP contribution in [0.25, 0.3) is 0 Å². The number of anilines is 2. The maximum atomic E-state index is 10.9. The third-order valence-corrected chi connectivity index (χ3v) is 4.28. The van der Waals surface area contributed by atoms with Crippen molar-refractivity contribution in [1.82, 2.24) is 0 Å². The van der Waals surface area contributed by atoms with Crippen molar-refractivity contribution in [2.75, 3.05) is 11.6 Å². The monoisotopic (exact) mass is 362 g/mol. The molecule has 0 aromatic heterocycles. The zero-order chi connectivity index (χ0) is 15.4. The summed E-state index contributed by atoms with van der Waals surface area (Å²) in [6.45, 7) is 0. The molecule has 0 radical (unpaired) electrons. The molecule has 2 N–H and O–H groups in total. The number of thioether (sulfide) groups is 1. The number of hydrogen-bond donors (Lipinski definition) is 2. The molecule has 4 nitrogen and oxygen atoms in total. The van der Waals surface area contributed by atoms with Crippen LogP contribution in [0.1, 0.15) is 15.9 Å². The molecule has 0 atom stereocenters. The van der Waals surface area contributed by atoms with E-state index in [1.165, 1.54) is 23.9 Å². The molecule has 21 heavy (non-hydrogen) atoms. The summed E-state index contributed by atoms with van der Waals surface area (Å²) in [6.07, 6.45) is 1.91.